The van der Waals surface area contributed by atoms with E-state index in [2.05, 4.69) is 37.8 Å². The van der Waals surface area contributed by atoms with Crippen molar-refractivity contribution >= 4 is 69.4 Å². The van der Waals surface area contributed by atoms with Crippen molar-refractivity contribution in [3.8, 4) is 11.8 Å². The normalized spacial score (nSPS) is 12.5. The first kappa shape index (κ1) is 24.7. The number of nitrogens with zero attached hydrogens (tertiary/aromatic N) is 1. The van der Waals surface area contributed by atoms with E-state index in [0.717, 1.165) is 72.1 Å². The van der Waals surface area contributed by atoms with Crippen molar-refractivity contribution in [2.24, 2.45) is 5.92 Å². The molecule has 0 bridgehead atoms. The van der Waals surface area contributed by atoms with Crippen LogP contribution in [0.2, 0.25) is 0 Å². The van der Waals surface area contributed by atoms with Gasteiger partial charge in [-0.1, -0.05) is 69.2 Å². The number of fused-ring (bicyclic) bond motifs is 2. The Morgan fingerprint density at radius 1 is 0.868 bits per heavy atom. The molecule has 6 heteroatoms. The van der Waals surface area contributed by atoms with Gasteiger partial charge in [-0.05, 0) is 53.4 Å². The standard InChI is InChI=1S/C32H28N2O2S2/c1-3-5-8-19(4-2)18-34-31(35)24-15-14-23-22-9-6-7-10-26(22)38-30-20(11-12-21-13-16-27(33)37-21)17-25(32(34)36)28(24)29(23)30/h6-7,9-10,13-17,19H,3-5,8,18,33H2,1-2H3. The molecular weight excluding hydrogens is 508 g/mol. The van der Waals surface area contributed by atoms with Crippen LogP contribution in [0.3, 0.4) is 0 Å². The van der Waals surface area contributed by atoms with Crippen LogP contribution in [0.15, 0.2) is 64.2 Å². The second-order valence-corrected chi connectivity index (χ2v) is 12.1. The maximum atomic E-state index is 14.0. The summed E-state index contributed by atoms with van der Waals surface area (Å²) in [7, 11) is 0. The molecule has 6 rings (SSSR count). The summed E-state index contributed by atoms with van der Waals surface area (Å²) in [6.45, 7) is 4.76. The van der Waals surface area contributed by atoms with Gasteiger partial charge < -0.3 is 5.73 Å². The fourth-order valence-corrected chi connectivity index (χ4v) is 7.28. The van der Waals surface area contributed by atoms with E-state index in [0.29, 0.717) is 23.2 Å². The van der Waals surface area contributed by atoms with Crippen molar-refractivity contribution in [1.82, 2.24) is 4.57 Å². The Morgan fingerprint density at radius 3 is 2.42 bits per heavy atom. The van der Waals surface area contributed by atoms with Gasteiger partial charge in [0.1, 0.15) is 0 Å². The molecule has 38 heavy (non-hydrogen) atoms. The molecule has 0 aliphatic rings. The average Bonchev–Trinajstić information content (AvgIpc) is 3.36. The summed E-state index contributed by atoms with van der Waals surface area (Å²) in [6, 6.07) is 17.9. The van der Waals surface area contributed by atoms with E-state index in [-0.39, 0.29) is 11.1 Å². The maximum absolute atomic E-state index is 14.0. The Balaban J connectivity index is 1.70. The maximum Gasteiger partial charge on any atom is 0.261 e. The lowest BCUT2D eigenvalue weighted by Crippen LogP contribution is -2.35. The van der Waals surface area contributed by atoms with Crippen LogP contribution in [0.5, 0.6) is 0 Å². The van der Waals surface area contributed by atoms with Crippen LogP contribution in [-0.2, 0) is 6.54 Å². The van der Waals surface area contributed by atoms with E-state index in [1.807, 2.05) is 42.5 Å². The minimum absolute atomic E-state index is 0.188. The molecule has 0 aliphatic carbocycles. The van der Waals surface area contributed by atoms with Crippen LogP contribution in [0.25, 0.3) is 41.7 Å². The minimum Gasteiger partial charge on any atom is -0.391 e. The number of anilines is 1. The van der Waals surface area contributed by atoms with Crippen molar-refractivity contribution in [2.75, 3.05) is 5.73 Å². The Bertz CT molecular complexity index is 2000. The van der Waals surface area contributed by atoms with Crippen LogP contribution in [-0.4, -0.2) is 4.57 Å². The Kier molecular flexibility index (Phi) is 6.43. The molecule has 3 heterocycles. The van der Waals surface area contributed by atoms with E-state index in [1.165, 1.54) is 15.9 Å². The van der Waals surface area contributed by atoms with Crippen LogP contribution in [0.1, 0.15) is 50.0 Å². The third-order valence-corrected chi connectivity index (χ3v) is 9.54. The third-order valence-electron chi connectivity index (χ3n) is 7.51. The van der Waals surface area contributed by atoms with Gasteiger partial charge in [0, 0.05) is 38.4 Å². The van der Waals surface area contributed by atoms with Gasteiger partial charge in [0.05, 0.1) is 14.6 Å². The topological polar surface area (TPSA) is 65.1 Å². The molecule has 0 spiro atoms. The summed E-state index contributed by atoms with van der Waals surface area (Å²) in [5.74, 6) is 6.90. The molecule has 1 unspecified atom stereocenters. The number of pyridine rings is 1. The number of rotatable bonds is 6. The van der Waals surface area contributed by atoms with Gasteiger partial charge in [-0.15, -0.1) is 22.7 Å². The molecule has 4 nitrogen and oxygen atoms in total. The Labute approximate surface area is 228 Å². The summed E-state index contributed by atoms with van der Waals surface area (Å²) in [5, 5.41) is 5.78. The van der Waals surface area contributed by atoms with Crippen molar-refractivity contribution in [1.29, 1.82) is 0 Å². The number of aromatic nitrogens is 1. The predicted octanol–water partition coefficient (Wildman–Crippen LogP) is 7.58. The van der Waals surface area contributed by atoms with Crippen molar-refractivity contribution in [2.45, 2.75) is 46.1 Å². The Morgan fingerprint density at radius 2 is 1.66 bits per heavy atom. The highest BCUT2D eigenvalue weighted by Crippen LogP contribution is 2.41. The zero-order chi connectivity index (χ0) is 26.4. The highest BCUT2D eigenvalue weighted by atomic mass is 32.1. The number of nitrogen functional groups attached to an aromatic ring is 1. The fraction of sp³-hybridized carbons (Fsp3) is 0.250. The van der Waals surface area contributed by atoms with E-state index >= 15 is 0 Å². The quantitative estimate of drug-likeness (QED) is 0.136. The lowest BCUT2D eigenvalue weighted by atomic mass is 9.94. The molecule has 0 saturated carbocycles. The van der Waals surface area contributed by atoms with Crippen LogP contribution in [0.4, 0.5) is 5.00 Å². The molecule has 0 amide bonds. The predicted molar refractivity (Wildman–Crippen MR) is 164 cm³/mol. The first-order valence-corrected chi connectivity index (χ1v) is 14.8. The summed E-state index contributed by atoms with van der Waals surface area (Å²) in [4.78, 5) is 28.6. The summed E-state index contributed by atoms with van der Waals surface area (Å²) in [6.07, 6.45) is 4.14. The van der Waals surface area contributed by atoms with Gasteiger partial charge in [-0.25, -0.2) is 0 Å². The van der Waals surface area contributed by atoms with Gasteiger partial charge in [0.25, 0.3) is 11.1 Å². The smallest absolute Gasteiger partial charge is 0.261 e. The van der Waals surface area contributed by atoms with Crippen molar-refractivity contribution < 1.29 is 0 Å². The second kappa shape index (κ2) is 9.90. The van der Waals surface area contributed by atoms with Gasteiger partial charge in [-0.2, -0.15) is 0 Å². The zero-order valence-electron chi connectivity index (χ0n) is 21.5. The van der Waals surface area contributed by atoms with E-state index in [4.69, 9.17) is 5.73 Å². The lowest BCUT2D eigenvalue weighted by Gasteiger charge is -2.18. The number of hydrogen-bond donors (Lipinski definition) is 1. The number of nitrogens with two attached hydrogens (primary N) is 1. The average molecular weight is 537 g/mol. The minimum atomic E-state index is -0.214. The molecule has 1 atom stereocenters. The monoisotopic (exact) mass is 536 g/mol. The SMILES string of the molecule is CCCCC(CC)Cn1c(=O)c2ccc3c4ccccc4sc4c(C#Cc5ccc(N)s5)cc(c1=O)c2c43. The first-order chi connectivity index (χ1) is 18.5. The largest absolute Gasteiger partial charge is 0.391 e. The summed E-state index contributed by atoms with van der Waals surface area (Å²) in [5.41, 5.74) is 6.32. The molecule has 0 aliphatic heterocycles. The van der Waals surface area contributed by atoms with E-state index < -0.39 is 0 Å². The van der Waals surface area contributed by atoms with Gasteiger partial charge >= 0.3 is 0 Å². The molecule has 0 fully saturated rings. The third kappa shape index (κ3) is 4.07. The molecule has 2 N–H and O–H groups in total. The molecular formula is C32H28N2O2S2. The number of thiophene rings is 1. The van der Waals surface area contributed by atoms with Gasteiger partial charge in [0.2, 0.25) is 0 Å². The molecule has 6 aromatic rings. The summed E-state index contributed by atoms with van der Waals surface area (Å²) < 4.78 is 3.62. The first-order valence-electron chi connectivity index (χ1n) is 13.1. The number of unbranched alkanes of at least 4 members (excludes halogenated alkanes) is 1. The van der Waals surface area contributed by atoms with Crippen molar-refractivity contribution in [3.63, 3.8) is 0 Å². The van der Waals surface area contributed by atoms with E-state index in [1.54, 1.807) is 11.3 Å². The Hall–Kier alpha value is -3.66. The highest BCUT2D eigenvalue weighted by molar-refractivity contribution is 7.25. The molecule has 0 radical (unpaired) electrons. The molecule has 3 aromatic heterocycles. The van der Waals surface area contributed by atoms with E-state index in [9.17, 15) is 9.59 Å². The summed E-state index contributed by atoms with van der Waals surface area (Å²) >= 11 is 3.11. The van der Waals surface area contributed by atoms with Crippen LogP contribution < -0.4 is 16.9 Å². The number of benzene rings is 3. The van der Waals surface area contributed by atoms with Gasteiger partial charge in [0.15, 0.2) is 0 Å². The lowest BCUT2D eigenvalue weighted by molar-refractivity contribution is 0.382. The van der Waals surface area contributed by atoms with Crippen molar-refractivity contribution in [3.05, 3.63) is 85.7 Å². The van der Waals surface area contributed by atoms with Crippen LogP contribution in [0, 0.1) is 17.8 Å². The second-order valence-electron chi connectivity index (χ2n) is 9.90. The van der Waals surface area contributed by atoms with Crippen LogP contribution >= 0.6 is 22.7 Å². The fourth-order valence-electron chi connectivity index (χ4n) is 5.47. The molecule has 0 saturated heterocycles. The molecule has 190 valence electrons. The number of hydrogen-bond acceptors (Lipinski definition) is 5. The van der Waals surface area contributed by atoms with Gasteiger partial charge in [-0.3, -0.25) is 14.2 Å². The molecule has 3 aromatic carbocycles. The highest BCUT2D eigenvalue weighted by Gasteiger charge is 2.21. The zero-order valence-corrected chi connectivity index (χ0v) is 23.1.